The summed E-state index contributed by atoms with van der Waals surface area (Å²) in [6.45, 7) is 6.51. The highest BCUT2D eigenvalue weighted by atomic mass is 16.6. The van der Waals surface area contributed by atoms with E-state index < -0.39 is 18.5 Å². The zero-order chi connectivity index (χ0) is 22.1. The smallest absolute Gasteiger partial charge is 0.344 e. The zero-order valence-corrected chi connectivity index (χ0v) is 17.5. The molecule has 0 aliphatic carbocycles. The number of carbonyl (C=O) groups excluding carboxylic acids is 2. The molecule has 0 bridgehead atoms. The van der Waals surface area contributed by atoms with Gasteiger partial charge in [0, 0.05) is 37.6 Å². The van der Waals surface area contributed by atoms with Gasteiger partial charge in [-0.05, 0) is 42.9 Å². The van der Waals surface area contributed by atoms with Crippen LogP contribution in [-0.4, -0.2) is 62.7 Å². The van der Waals surface area contributed by atoms with E-state index in [0.717, 1.165) is 38.4 Å². The van der Waals surface area contributed by atoms with Gasteiger partial charge in [0.2, 0.25) is 0 Å². The first-order valence-corrected chi connectivity index (χ1v) is 10.2. The highest BCUT2D eigenvalue weighted by Gasteiger charge is 2.16. The number of para-hydroxylation sites is 1. The summed E-state index contributed by atoms with van der Waals surface area (Å²) in [7, 11) is 0. The van der Waals surface area contributed by atoms with Crippen molar-refractivity contribution in [1.82, 2.24) is 4.90 Å². The van der Waals surface area contributed by atoms with Crippen molar-refractivity contribution in [2.75, 3.05) is 56.2 Å². The molecule has 1 aliphatic heterocycles. The molecule has 0 atom stereocenters. The molecule has 0 unspecified atom stereocenters. The summed E-state index contributed by atoms with van der Waals surface area (Å²) in [6.07, 6.45) is 0. The predicted molar refractivity (Wildman–Crippen MR) is 117 cm³/mol. The average molecular weight is 422 g/mol. The molecule has 162 valence electrons. The van der Waals surface area contributed by atoms with Crippen molar-refractivity contribution in [2.45, 2.75) is 6.92 Å². The Morgan fingerprint density at radius 1 is 1.03 bits per heavy atom. The third kappa shape index (κ3) is 6.46. The Bertz CT molecular complexity index is 931. The molecule has 8 nitrogen and oxygen atoms in total. The molecule has 0 spiro atoms. The number of nitriles is 1. The van der Waals surface area contributed by atoms with Crippen LogP contribution >= 0.6 is 0 Å². The van der Waals surface area contributed by atoms with Gasteiger partial charge in [0.25, 0.3) is 5.91 Å². The first-order valence-electron chi connectivity index (χ1n) is 10.2. The molecule has 1 N–H and O–H groups in total. The lowest BCUT2D eigenvalue weighted by Gasteiger charge is -2.35. The minimum atomic E-state index is -0.690. The van der Waals surface area contributed by atoms with Crippen LogP contribution in [0.15, 0.2) is 48.5 Å². The third-order valence-electron chi connectivity index (χ3n) is 5.05. The van der Waals surface area contributed by atoms with Crippen LogP contribution in [0.25, 0.3) is 0 Å². The molecule has 0 radical (unpaired) electrons. The number of benzene rings is 2. The van der Waals surface area contributed by atoms with Crippen molar-refractivity contribution in [1.29, 1.82) is 5.26 Å². The summed E-state index contributed by atoms with van der Waals surface area (Å²) < 4.78 is 10.2. The standard InChI is InChI=1S/C23H26N4O4/c1-2-26-11-13-27(14-12-26)20-9-7-19(8-10-20)25-22(28)16-31-23(29)17-30-21-6-4-3-5-18(21)15-24/h3-10H,2,11-14,16-17H2,1H3,(H,25,28). The van der Waals surface area contributed by atoms with Crippen LogP contribution in [0.1, 0.15) is 12.5 Å². The van der Waals surface area contributed by atoms with E-state index in [1.165, 1.54) is 0 Å². The number of nitrogens with zero attached hydrogens (tertiary/aromatic N) is 3. The van der Waals surface area contributed by atoms with Crippen LogP contribution in [0.2, 0.25) is 0 Å². The molecular weight excluding hydrogens is 396 g/mol. The molecule has 2 aromatic carbocycles. The summed E-state index contributed by atoms with van der Waals surface area (Å²) in [5, 5.41) is 11.7. The highest BCUT2D eigenvalue weighted by molar-refractivity contribution is 5.93. The molecule has 31 heavy (non-hydrogen) atoms. The maximum atomic E-state index is 12.1. The molecule has 1 amide bonds. The van der Waals surface area contributed by atoms with Crippen molar-refractivity contribution >= 4 is 23.3 Å². The lowest BCUT2D eigenvalue weighted by atomic mass is 10.2. The number of nitrogens with one attached hydrogen (secondary N) is 1. The van der Waals surface area contributed by atoms with E-state index in [-0.39, 0.29) is 6.61 Å². The van der Waals surface area contributed by atoms with Crippen LogP contribution in [-0.2, 0) is 14.3 Å². The molecule has 1 saturated heterocycles. The van der Waals surface area contributed by atoms with Gasteiger partial charge in [-0.2, -0.15) is 5.26 Å². The van der Waals surface area contributed by atoms with E-state index in [2.05, 4.69) is 22.0 Å². The maximum Gasteiger partial charge on any atom is 0.344 e. The third-order valence-corrected chi connectivity index (χ3v) is 5.05. The fourth-order valence-corrected chi connectivity index (χ4v) is 3.28. The van der Waals surface area contributed by atoms with Gasteiger partial charge < -0.3 is 24.6 Å². The van der Waals surface area contributed by atoms with Crippen molar-refractivity contribution in [2.24, 2.45) is 0 Å². The molecule has 0 aromatic heterocycles. The fraction of sp³-hybridized carbons (Fsp3) is 0.348. The van der Waals surface area contributed by atoms with Crippen LogP contribution < -0.4 is 15.0 Å². The highest BCUT2D eigenvalue weighted by Crippen LogP contribution is 2.19. The number of hydrogen-bond donors (Lipinski definition) is 1. The molecule has 3 rings (SSSR count). The second kappa shape index (κ2) is 11.0. The minimum absolute atomic E-state index is 0.294. The lowest BCUT2D eigenvalue weighted by molar-refractivity contribution is -0.149. The van der Waals surface area contributed by atoms with E-state index in [1.807, 2.05) is 30.3 Å². The quantitative estimate of drug-likeness (QED) is 0.652. The number of amides is 1. The van der Waals surface area contributed by atoms with Crippen LogP contribution in [0.3, 0.4) is 0 Å². The number of hydrogen-bond acceptors (Lipinski definition) is 7. The molecule has 8 heteroatoms. The van der Waals surface area contributed by atoms with Gasteiger partial charge in [-0.3, -0.25) is 4.79 Å². The number of esters is 1. The van der Waals surface area contributed by atoms with Crippen LogP contribution in [0.4, 0.5) is 11.4 Å². The minimum Gasteiger partial charge on any atom is -0.481 e. The molecule has 1 aliphatic rings. The SMILES string of the molecule is CCN1CCN(c2ccc(NC(=O)COC(=O)COc3ccccc3C#N)cc2)CC1. The Labute approximate surface area is 182 Å². The number of rotatable bonds is 8. The molecule has 2 aromatic rings. The lowest BCUT2D eigenvalue weighted by Crippen LogP contribution is -2.46. The Hall–Kier alpha value is -3.57. The summed E-state index contributed by atoms with van der Waals surface area (Å²) >= 11 is 0. The van der Waals surface area contributed by atoms with Gasteiger partial charge in [-0.25, -0.2) is 4.79 Å². The van der Waals surface area contributed by atoms with Gasteiger partial charge in [0.1, 0.15) is 11.8 Å². The van der Waals surface area contributed by atoms with Gasteiger partial charge >= 0.3 is 5.97 Å². The van der Waals surface area contributed by atoms with E-state index in [1.54, 1.807) is 24.3 Å². The summed E-state index contributed by atoms with van der Waals surface area (Å²) in [4.78, 5) is 28.6. The Morgan fingerprint density at radius 3 is 2.42 bits per heavy atom. The van der Waals surface area contributed by atoms with Crippen LogP contribution in [0, 0.1) is 11.3 Å². The second-order valence-corrected chi connectivity index (χ2v) is 7.07. The number of piperazine rings is 1. The van der Waals surface area contributed by atoms with E-state index >= 15 is 0 Å². The Morgan fingerprint density at radius 2 is 1.74 bits per heavy atom. The first-order chi connectivity index (χ1) is 15.1. The van der Waals surface area contributed by atoms with Gasteiger partial charge in [0.15, 0.2) is 13.2 Å². The topological polar surface area (TPSA) is 94.9 Å². The van der Waals surface area contributed by atoms with Gasteiger partial charge in [0.05, 0.1) is 5.56 Å². The van der Waals surface area contributed by atoms with Crippen molar-refractivity contribution in [3.8, 4) is 11.8 Å². The van der Waals surface area contributed by atoms with Crippen molar-refractivity contribution in [3.05, 3.63) is 54.1 Å². The van der Waals surface area contributed by atoms with Crippen molar-refractivity contribution < 1.29 is 19.1 Å². The Balaban J connectivity index is 1.40. The molecule has 1 heterocycles. The fourth-order valence-electron chi connectivity index (χ4n) is 3.28. The normalized spacial score (nSPS) is 13.9. The van der Waals surface area contributed by atoms with Gasteiger partial charge in [-0.1, -0.05) is 19.1 Å². The molecule has 1 fully saturated rings. The second-order valence-electron chi connectivity index (χ2n) is 7.07. The zero-order valence-electron chi connectivity index (χ0n) is 17.5. The van der Waals surface area contributed by atoms with Gasteiger partial charge in [-0.15, -0.1) is 0 Å². The number of anilines is 2. The molecular formula is C23H26N4O4. The summed E-state index contributed by atoms with van der Waals surface area (Å²) in [5.41, 5.74) is 2.08. The average Bonchev–Trinajstić information content (AvgIpc) is 2.82. The first kappa shape index (κ1) is 22.1. The Kier molecular flexibility index (Phi) is 7.85. The maximum absolute atomic E-state index is 12.1. The van der Waals surface area contributed by atoms with E-state index in [9.17, 15) is 9.59 Å². The number of carbonyl (C=O) groups is 2. The van der Waals surface area contributed by atoms with Crippen LogP contribution in [0.5, 0.6) is 5.75 Å². The van der Waals surface area contributed by atoms with Crippen molar-refractivity contribution in [3.63, 3.8) is 0 Å². The predicted octanol–water partition coefficient (Wildman–Crippen LogP) is 2.26. The van der Waals surface area contributed by atoms with E-state index in [4.69, 9.17) is 14.7 Å². The van der Waals surface area contributed by atoms with E-state index in [0.29, 0.717) is 17.0 Å². The summed E-state index contributed by atoms with van der Waals surface area (Å²) in [5.74, 6) is -0.831. The molecule has 0 saturated carbocycles. The largest absolute Gasteiger partial charge is 0.481 e. The monoisotopic (exact) mass is 422 g/mol. The summed E-state index contributed by atoms with van der Waals surface area (Å²) in [6, 6.07) is 16.2. The number of ether oxygens (including phenoxy) is 2. The number of likely N-dealkylation sites (N-methyl/N-ethyl adjacent to an activating group) is 1.